The average Bonchev–Trinajstić information content (AvgIpc) is 2.77. The highest BCUT2D eigenvalue weighted by molar-refractivity contribution is 7.18. The molecule has 0 aliphatic carbocycles. The predicted octanol–water partition coefficient (Wildman–Crippen LogP) is 4.49. The SMILES string of the molecule is COC(=O)c1sc(N2C=CCCc3ccc(Cl)cc32)cc1O. The molecule has 114 valence electrons. The molecule has 0 amide bonds. The maximum Gasteiger partial charge on any atom is 0.351 e. The van der Waals surface area contributed by atoms with E-state index in [0.29, 0.717) is 5.02 Å². The predicted molar refractivity (Wildman–Crippen MR) is 88.4 cm³/mol. The molecule has 0 bridgehead atoms. The van der Waals surface area contributed by atoms with Crippen molar-refractivity contribution in [2.24, 2.45) is 0 Å². The smallest absolute Gasteiger partial charge is 0.351 e. The first-order valence-electron chi connectivity index (χ1n) is 6.75. The Morgan fingerprint density at radius 2 is 2.23 bits per heavy atom. The number of carbonyl (C=O) groups is 1. The second kappa shape index (κ2) is 6.02. The Morgan fingerprint density at radius 3 is 3.00 bits per heavy atom. The molecule has 0 atom stereocenters. The molecule has 2 heterocycles. The van der Waals surface area contributed by atoms with E-state index in [-0.39, 0.29) is 10.6 Å². The van der Waals surface area contributed by atoms with Crippen LogP contribution in [0.3, 0.4) is 0 Å². The van der Waals surface area contributed by atoms with Gasteiger partial charge in [-0.2, -0.15) is 0 Å². The molecule has 0 saturated carbocycles. The van der Waals surface area contributed by atoms with Gasteiger partial charge in [0.25, 0.3) is 0 Å². The van der Waals surface area contributed by atoms with Crippen LogP contribution in [0.25, 0.3) is 0 Å². The van der Waals surface area contributed by atoms with Gasteiger partial charge >= 0.3 is 5.97 Å². The zero-order valence-electron chi connectivity index (χ0n) is 11.9. The number of allylic oxidation sites excluding steroid dienone is 1. The van der Waals surface area contributed by atoms with Gasteiger partial charge < -0.3 is 14.7 Å². The molecule has 0 radical (unpaired) electrons. The van der Waals surface area contributed by atoms with E-state index in [4.69, 9.17) is 11.6 Å². The van der Waals surface area contributed by atoms with E-state index >= 15 is 0 Å². The lowest BCUT2D eigenvalue weighted by Crippen LogP contribution is -2.07. The Balaban J connectivity index is 2.08. The summed E-state index contributed by atoms with van der Waals surface area (Å²) in [6.07, 6.45) is 5.84. The first kappa shape index (κ1) is 14.9. The van der Waals surface area contributed by atoms with Gasteiger partial charge in [-0.25, -0.2) is 4.79 Å². The average molecular weight is 336 g/mol. The summed E-state index contributed by atoms with van der Waals surface area (Å²) >= 11 is 7.31. The number of anilines is 2. The van der Waals surface area contributed by atoms with Crippen molar-refractivity contribution in [3.8, 4) is 5.75 Å². The number of nitrogens with zero attached hydrogens (tertiary/aromatic N) is 1. The van der Waals surface area contributed by atoms with Gasteiger partial charge in [0.15, 0.2) is 4.88 Å². The van der Waals surface area contributed by atoms with Crippen LogP contribution in [0.2, 0.25) is 5.02 Å². The van der Waals surface area contributed by atoms with Crippen molar-refractivity contribution < 1.29 is 14.6 Å². The van der Waals surface area contributed by atoms with Crippen molar-refractivity contribution in [2.75, 3.05) is 12.0 Å². The minimum atomic E-state index is -0.543. The number of carbonyl (C=O) groups excluding carboxylic acids is 1. The lowest BCUT2D eigenvalue weighted by Gasteiger charge is -2.20. The molecular formula is C16H14ClNO3S. The van der Waals surface area contributed by atoms with E-state index in [1.165, 1.54) is 24.0 Å². The number of hydrogen-bond acceptors (Lipinski definition) is 5. The molecule has 1 aliphatic rings. The summed E-state index contributed by atoms with van der Waals surface area (Å²) in [6.45, 7) is 0. The zero-order valence-corrected chi connectivity index (χ0v) is 13.4. The summed E-state index contributed by atoms with van der Waals surface area (Å²) in [5, 5.41) is 11.4. The molecule has 1 aliphatic heterocycles. The number of benzene rings is 1. The topological polar surface area (TPSA) is 49.8 Å². The number of esters is 1. The number of thiophene rings is 1. The van der Waals surface area contributed by atoms with Gasteiger partial charge in [-0.15, -0.1) is 11.3 Å². The van der Waals surface area contributed by atoms with Gasteiger partial charge in [0.2, 0.25) is 0 Å². The van der Waals surface area contributed by atoms with E-state index in [1.807, 2.05) is 29.3 Å². The third kappa shape index (κ3) is 2.69. The Hall–Kier alpha value is -1.98. The van der Waals surface area contributed by atoms with Crippen molar-refractivity contribution in [3.05, 3.63) is 52.0 Å². The molecule has 0 fully saturated rings. The van der Waals surface area contributed by atoms with Gasteiger partial charge in [-0.3, -0.25) is 0 Å². The van der Waals surface area contributed by atoms with Crippen LogP contribution in [0.15, 0.2) is 36.5 Å². The molecule has 2 aromatic rings. The number of fused-ring (bicyclic) bond motifs is 1. The zero-order chi connectivity index (χ0) is 15.7. The van der Waals surface area contributed by atoms with Gasteiger partial charge in [-0.05, 0) is 30.5 Å². The first-order valence-corrected chi connectivity index (χ1v) is 7.95. The molecule has 6 heteroatoms. The van der Waals surface area contributed by atoms with Crippen molar-refractivity contribution in [1.82, 2.24) is 0 Å². The first-order chi connectivity index (χ1) is 10.6. The number of rotatable bonds is 2. The van der Waals surface area contributed by atoms with Crippen LogP contribution in [0, 0.1) is 0 Å². The molecule has 0 saturated heterocycles. The van der Waals surface area contributed by atoms with Crippen LogP contribution >= 0.6 is 22.9 Å². The lowest BCUT2D eigenvalue weighted by molar-refractivity contribution is 0.0603. The van der Waals surface area contributed by atoms with Crippen LogP contribution in [-0.4, -0.2) is 18.2 Å². The molecule has 0 unspecified atom stereocenters. The van der Waals surface area contributed by atoms with Crippen molar-refractivity contribution in [1.29, 1.82) is 0 Å². The number of hydrogen-bond donors (Lipinski definition) is 1. The second-order valence-electron chi connectivity index (χ2n) is 4.86. The quantitative estimate of drug-likeness (QED) is 0.821. The van der Waals surface area contributed by atoms with Gasteiger partial charge in [0, 0.05) is 17.3 Å². The molecule has 22 heavy (non-hydrogen) atoms. The highest BCUT2D eigenvalue weighted by atomic mass is 35.5. The fraction of sp³-hybridized carbons (Fsp3) is 0.188. The summed E-state index contributed by atoms with van der Waals surface area (Å²) in [7, 11) is 1.29. The minimum Gasteiger partial charge on any atom is -0.506 e. The van der Waals surface area contributed by atoms with E-state index in [1.54, 1.807) is 6.07 Å². The Morgan fingerprint density at radius 1 is 1.41 bits per heavy atom. The van der Waals surface area contributed by atoms with Gasteiger partial charge in [0.1, 0.15) is 10.8 Å². The summed E-state index contributed by atoms with van der Waals surface area (Å²) in [5.41, 5.74) is 2.13. The summed E-state index contributed by atoms with van der Waals surface area (Å²) < 4.78 is 4.68. The van der Waals surface area contributed by atoms with Crippen molar-refractivity contribution in [2.45, 2.75) is 12.8 Å². The van der Waals surface area contributed by atoms with Crippen molar-refractivity contribution >= 4 is 39.6 Å². The normalized spacial score (nSPS) is 13.6. The largest absolute Gasteiger partial charge is 0.506 e. The van der Waals surface area contributed by atoms with E-state index in [2.05, 4.69) is 10.8 Å². The molecule has 3 rings (SSSR count). The van der Waals surface area contributed by atoms with E-state index < -0.39 is 5.97 Å². The Labute approximate surface area is 137 Å². The fourth-order valence-electron chi connectivity index (χ4n) is 2.39. The van der Waals surface area contributed by atoms with Crippen LogP contribution in [0.5, 0.6) is 5.75 Å². The number of methoxy groups -OCH3 is 1. The molecular weight excluding hydrogens is 322 g/mol. The summed E-state index contributed by atoms with van der Waals surface area (Å²) in [5.74, 6) is -0.619. The molecule has 1 aromatic carbocycles. The van der Waals surface area contributed by atoms with Crippen LogP contribution in [-0.2, 0) is 11.2 Å². The molecule has 1 aromatic heterocycles. The van der Waals surface area contributed by atoms with Crippen LogP contribution in [0.4, 0.5) is 10.7 Å². The van der Waals surface area contributed by atoms with Crippen LogP contribution in [0.1, 0.15) is 21.7 Å². The molecule has 4 nitrogen and oxygen atoms in total. The van der Waals surface area contributed by atoms with Gasteiger partial charge in [0.05, 0.1) is 12.8 Å². The highest BCUT2D eigenvalue weighted by Gasteiger charge is 2.21. The minimum absolute atomic E-state index is 0.0759. The second-order valence-corrected chi connectivity index (χ2v) is 6.32. The number of aryl methyl sites for hydroxylation is 1. The maximum absolute atomic E-state index is 11.7. The lowest BCUT2D eigenvalue weighted by atomic mass is 10.1. The number of halogens is 1. The van der Waals surface area contributed by atoms with Crippen LogP contribution < -0.4 is 4.90 Å². The Bertz CT molecular complexity index is 754. The van der Waals surface area contributed by atoms with Crippen molar-refractivity contribution in [3.63, 3.8) is 0 Å². The standard InChI is InChI=1S/C16H14ClNO3S/c1-21-16(20)15-13(19)9-14(22-15)18-7-3-2-4-10-5-6-11(17)8-12(10)18/h3,5-9,19H,2,4H2,1H3. The summed E-state index contributed by atoms with van der Waals surface area (Å²) in [6, 6.07) is 7.33. The van der Waals surface area contributed by atoms with E-state index in [0.717, 1.165) is 23.5 Å². The Kier molecular flexibility index (Phi) is 4.09. The monoisotopic (exact) mass is 335 g/mol. The molecule has 0 spiro atoms. The third-order valence-corrected chi connectivity index (χ3v) is 4.79. The number of ether oxygens (including phenoxy) is 1. The molecule has 1 N–H and O–H groups in total. The van der Waals surface area contributed by atoms with E-state index in [9.17, 15) is 9.90 Å². The number of aromatic hydroxyl groups is 1. The third-order valence-electron chi connectivity index (χ3n) is 3.45. The van der Waals surface area contributed by atoms with Gasteiger partial charge in [-0.1, -0.05) is 23.7 Å². The highest BCUT2D eigenvalue weighted by Crippen LogP contribution is 2.41. The summed E-state index contributed by atoms with van der Waals surface area (Å²) in [4.78, 5) is 13.8. The maximum atomic E-state index is 11.7. The fourth-order valence-corrected chi connectivity index (χ4v) is 3.52.